The van der Waals surface area contributed by atoms with Crippen LogP contribution in [0.5, 0.6) is 5.75 Å². The third-order valence-corrected chi connectivity index (χ3v) is 5.06. The molecule has 7 nitrogen and oxygen atoms in total. The number of aromatic hydroxyl groups is 1. The first-order valence-corrected chi connectivity index (χ1v) is 9.07. The summed E-state index contributed by atoms with van der Waals surface area (Å²) in [6.07, 6.45) is 3.71. The normalized spacial score (nSPS) is 33.5. The van der Waals surface area contributed by atoms with Gasteiger partial charge in [0.05, 0.1) is 25.1 Å². The Labute approximate surface area is 168 Å². The van der Waals surface area contributed by atoms with E-state index >= 15 is 0 Å². The molecule has 0 radical (unpaired) electrons. The van der Waals surface area contributed by atoms with Crippen LogP contribution in [0.4, 0.5) is 8.78 Å². The number of alkyl halides is 2. The van der Waals surface area contributed by atoms with Crippen molar-refractivity contribution in [2.24, 2.45) is 0 Å². The fraction of sp³-hybridized carbons (Fsp3) is 0.300. The second kappa shape index (κ2) is 7.00. The van der Waals surface area contributed by atoms with Crippen molar-refractivity contribution in [3.05, 3.63) is 54.4 Å². The van der Waals surface area contributed by atoms with E-state index in [2.05, 4.69) is 25.5 Å². The van der Waals surface area contributed by atoms with E-state index in [1.165, 1.54) is 12.3 Å². The van der Waals surface area contributed by atoms with Crippen molar-refractivity contribution < 1.29 is 16.6 Å². The largest absolute Gasteiger partial charge is 0.507 e. The maximum Gasteiger partial charge on any atom is 0.185 e. The second-order valence-electron chi connectivity index (χ2n) is 6.98. The van der Waals surface area contributed by atoms with Crippen molar-refractivity contribution in [1.29, 1.82) is 0 Å². The molecular weight excluding hydrogens is 378 g/mol. The predicted molar refractivity (Wildman–Crippen MR) is 102 cm³/mol. The molecule has 5 rings (SSSR count). The van der Waals surface area contributed by atoms with E-state index < -0.39 is 24.4 Å². The fourth-order valence-corrected chi connectivity index (χ4v) is 3.58. The van der Waals surface area contributed by atoms with Gasteiger partial charge in [0, 0.05) is 31.9 Å². The summed E-state index contributed by atoms with van der Waals surface area (Å²) in [6.45, 7) is 0. The Balaban J connectivity index is 1.41. The smallest absolute Gasteiger partial charge is 0.185 e. The molecule has 2 aliphatic heterocycles. The number of phenolic OH excluding ortho intramolecular Hbond substituents is 1. The summed E-state index contributed by atoms with van der Waals surface area (Å²) in [7, 11) is 0. The summed E-state index contributed by atoms with van der Waals surface area (Å²) in [5, 5.41) is 20.9. The fourth-order valence-electron chi connectivity index (χ4n) is 3.58. The van der Waals surface area contributed by atoms with E-state index in [1.807, 2.05) is 0 Å². The van der Waals surface area contributed by atoms with E-state index in [4.69, 9.17) is 2.74 Å². The number of imidazole rings is 1. The minimum Gasteiger partial charge on any atom is -0.507 e. The number of benzene rings is 1. The van der Waals surface area contributed by atoms with Crippen LogP contribution in [-0.4, -0.2) is 54.2 Å². The molecule has 2 bridgehead atoms. The molecule has 1 aromatic carbocycles. The summed E-state index contributed by atoms with van der Waals surface area (Å²) in [5.41, 5.74) is 1.41. The van der Waals surface area contributed by atoms with Crippen LogP contribution in [0.3, 0.4) is 0 Å². The molecule has 0 amide bonds. The lowest BCUT2D eigenvalue weighted by Gasteiger charge is -2.27. The monoisotopic (exact) mass is 398 g/mol. The summed E-state index contributed by atoms with van der Waals surface area (Å²) >= 11 is 0. The van der Waals surface area contributed by atoms with Crippen molar-refractivity contribution in [3.8, 4) is 22.8 Å². The van der Waals surface area contributed by atoms with Crippen LogP contribution in [0.1, 0.15) is 21.3 Å². The van der Waals surface area contributed by atoms with Gasteiger partial charge in [-0.25, -0.2) is 18.7 Å². The molecule has 2 saturated heterocycles. The average Bonchev–Trinajstić information content (AvgIpc) is 3.33. The number of piperidine rings is 1. The van der Waals surface area contributed by atoms with Gasteiger partial charge in [0.15, 0.2) is 5.82 Å². The minimum absolute atomic E-state index is 0.0425. The summed E-state index contributed by atoms with van der Waals surface area (Å²) in [6, 6.07) is 1.37. The Morgan fingerprint density at radius 1 is 1.28 bits per heavy atom. The van der Waals surface area contributed by atoms with E-state index in [0.717, 1.165) is 0 Å². The number of aromatic nitrogens is 5. The lowest BCUT2D eigenvalue weighted by Crippen LogP contribution is -2.44. The van der Waals surface area contributed by atoms with E-state index in [0.29, 0.717) is 11.3 Å². The first-order valence-electron chi connectivity index (χ1n) is 10.1. The second-order valence-corrected chi connectivity index (χ2v) is 6.98. The van der Waals surface area contributed by atoms with Gasteiger partial charge < -0.3 is 15.0 Å². The number of hydrogen-bond acceptors (Lipinski definition) is 6. The summed E-state index contributed by atoms with van der Waals surface area (Å²) < 4.78 is 47.0. The number of rotatable bonds is 3. The van der Waals surface area contributed by atoms with Gasteiger partial charge in [0.25, 0.3) is 0 Å². The topological polar surface area (TPSA) is 88.8 Å². The third kappa shape index (κ3) is 3.27. The first kappa shape index (κ1) is 15.7. The Kier molecular flexibility index (Phi) is 3.79. The molecule has 0 unspecified atom stereocenters. The van der Waals surface area contributed by atoms with Crippen LogP contribution in [0.25, 0.3) is 23.2 Å². The van der Waals surface area contributed by atoms with Gasteiger partial charge in [-0.15, -0.1) is 10.2 Å². The van der Waals surface area contributed by atoms with E-state index in [-0.39, 0.29) is 35.7 Å². The van der Waals surface area contributed by atoms with Gasteiger partial charge in [0.1, 0.15) is 23.8 Å². The number of hydrogen-bond donors (Lipinski definition) is 2. The first-order chi connectivity index (χ1) is 14.8. The molecule has 9 heteroatoms. The highest BCUT2D eigenvalue weighted by molar-refractivity contribution is 5.66. The van der Waals surface area contributed by atoms with Crippen molar-refractivity contribution in [1.82, 2.24) is 30.0 Å². The highest BCUT2D eigenvalue weighted by Crippen LogP contribution is 2.35. The highest BCUT2D eigenvalue weighted by Gasteiger charge is 2.44. The molecule has 0 spiro atoms. The zero-order chi connectivity index (χ0) is 21.8. The SMILES string of the molecule is [2H][C@]12C/C(=C\c3cnc(-c4ccc(-n5ccnc5)cc4O)nn3)[C@H](F)[C@]([2H])(C[C@H]1F)N2. The van der Waals surface area contributed by atoms with E-state index in [9.17, 15) is 13.9 Å². The molecule has 3 aromatic rings. The Bertz CT molecular complexity index is 1160. The Hall–Kier alpha value is -3.20. The molecule has 0 aliphatic carbocycles. The molecule has 2 aromatic heterocycles. The molecule has 2 aliphatic rings. The maximum atomic E-state index is 14.8. The van der Waals surface area contributed by atoms with Gasteiger partial charge in [-0.05, 0) is 36.6 Å². The van der Waals surface area contributed by atoms with Gasteiger partial charge in [-0.2, -0.15) is 0 Å². The zero-order valence-electron chi connectivity index (χ0n) is 17.1. The van der Waals surface area contributed by atoms with Gasteiger partial charge in [-0.1, -0.05) is 0 Å². The zero-order valence-corrected chi connectivity index (χ0v) is 15.1. The number of fused-ring (bicyclic) bond motifs is 2. The molecule has 29 heavy (non-hydrogen) atoms. The highest BCUT2D eigenvalue weighted by atomic mass is 19.1. The number of phenols is 1. The van der Waals surface area contributed by atoms with Crippen molar-refractivity contribution in [3.63, 3.8) is 0 Å². The van der Waals surface area contributed by atoms with Gasteiger partial charge in [-0.3, -0.25) is 0 Å². The van der Waals surface area contributed by atoms with Crippen LogP contribution in [0, 0.1) is 0 Å². The quantitative estimate of drug-likeness (QED) is 0.705. The van der Waals surface area contributed by atoms with Gasteiger partial charge in [0.2, 0.25) is 0 Å². The lowest BCUT2D eigenvalue weighted by atomic mass is 9.96. The molecule has 4 heterocycles. The van der Waals surface area contributed by atoms with Crippen molar-refractivity contribution in [2.75, 3.05) is 0 Å². The number of nitrogens with zero attached hydrogens (tertiary/aromatic N) is 5. The van der Waals surface area contributed by atoms with E-state index in [1.54, 1.807) is 41.5 Å². The molecule has 2 fully saturated rings. The molecule has 2 N–H and O–H groups in total. The molecular formula is C20H18F2N6O. The summed E-state index contributed by atoms with van der Waals surface area (Å²) in [4.78, 5) is 8.16. The number of halogens is 2. The molecule has 148 valence electrons. The van der Waals surface area contributed by atoms with Crippen LogP contribution < -0.4 is 5.32 Å². The van der Waals surface area contributed by atoms with Crippen molar-refractivity contribution in [2.45, 2.75) is 37.2 Å². The van der Waals surface area contributed by atoms with Gasteiger partial charge >= 0.3 is 0 Å². The van der Waals surface area contributed by atoms with Crippen LogP contribution in [0.15, 0.2) is 48.7 Å². The van der Waals surface area contributed by atoms with Crippen LogP contribution in [-0.2, 0) is 0 Å². The van der Waals surface area contributed by atoms with Crippen molar-refractivity contribution >= 4 is 6.08 Å². The summed E-state index contributed by atoms with van der Waals surface area (Å²) in [5.74, 6) is 0.135. The Morgan fingerprint density at radius 3 is 2.90 bits per heavy atom. The van der Waals surface area contributed by atoms with Crippen LogP contribution in [0.2, 0.25) is 0 Å². The standard InChI is InChI=1S/C20H18F2N6O/c21-15-8-17-19(22)11(6-16(15)25-17)5-12-9-24-20(27-26-12)14-2-1-13(7-18(14)29)28-4-3-23-10-28/h1-5,7,9-10,15-17,19,25,29H,6,8H2/b11-5+/t15-,16+,17+,19+/m1/s1/i16D,17D. The Morgan fingerprint density at radius 2 is 2.17 bits per heavy atom. The third-order valence-electron chi connectivity index (χ3n) is 5.06. The maximum absolute atomic E-state index is 14.8. The molecule has 4 atom stereocenters. The number of nitrogens with one attached hydrogen (secondary N) is 1. The minimum atomic E-state index is -1.87. The lowest BCUT2D eigenvalue weighted by molar-refractivity contribution is 0.265. The van der Waals surface area contributed by atoms with Crippen LogP contribution >= 0.6 is 0 Å². The molecule has 0 saturated carbocycles. The average molecular weight is 398 g/mol. The predicted octanol–water partition coefficient (Wildman–Crippen LogP) is 2.62.